The second-order valence-corrected chi connectivity index (χ2v) is 5.98. The van der Waals surface area contributed by atoms with Crippen molar-refractivity contribution in [3.05, 3.63) is 0 Å². The number of hydrogen-bond acceptors (Lipinski definition) is 2. The van der Waals surface area contributed by atoms with Crippen LogP contribution in [0.1, 0.15) is 45.4 Å². The number of nitrogens with zero attached hydrogens (tertiary/aromatic N) is 2. The van der Waals surface area contributed by atoms with Gasteiger partial charge < -0.3 is 15.5 Å². The summed E-state index contributed by atoms with van der Waals surface area (Å²) in [6.45, 7) is 7.00. The molecule has 0 aromatic carbocycles. The average Bonchev–Trinajstić information content (AvgIpc) is 2.92. The van der Waals surface area contributed by atoms with Gasteiger partial charge in [-0.05, 0) is 38.3 Å². The molecule has 0 aromatic rings. The van der Waals surface area contributed by atoms with Crippen molar-refractivity contribution < 1.29 is 0 Å². The zero-order valence-corrected chi connectivity index (χ0v) is 12.6. The molecular formula is C15H30N4. The number of nitrogens with one attached hydrogen (secondary N) is 2. The van der Waals surface area contributed by atoms with Crippen LogP contribution in [-0.4, -0.2) is 50.1 Å². The topological polar surface area (TPSA) is 39.7 Å². The first-order valence-corrected chi connectivity index (χ1v) is 8.01. The third-order valence-electron chi connectivity index (χ3n) is 4.54. The Bertz CT molecular complexity index is 284. The van der Waals surface area contributed by atoms with Gasteiger partial charge >= 0.3 is 0 Å². The molecule has 2 rings (SSSR count). The maximum Gasteiger partial charge on any atom is 0.191 e. The van der Waals surface area contributed by atoms with Gasteiger partial charge in [-0.3, -0.25) is 4.99 Å². The zero-order chi connectivity index (χ0) is 13.5. The van der Waals surface area contributed by atoms with Gasteiger partial charge in [0.25, 0.3) is 0 Å². The van der Waals surface area contributed by atoms with E-state index in [-0.39, 0.29) is 0 Å². The second kappa shape index (κ2) is 7.73. The Labute approximate surface area is 118 Å². The summed E-state index contributed by atoms with van der Waals surface area (Å²) in [5, 5.41) is 7.10. The lowest BCUT2D eigenvalue weighted by molar-refractivity contribution is 0.341. The maximum atomic E-state index is 4.36. The van der Waals surface area contributed by atoms with Crippen LogP contribution in [0.3, 0.4) is 0 Å². The van der Waals surface area contributed by atoms with Gasteiger partial charge in [-0.25, -0.2) is 0 Å². The highest BCUT2D eigenvalue weighted by Gasteiger charge is 2.21. The molecule has 4 nitrogen and oxygen atoms in total. The summed E-state index contributed by atoms with van der Waals surface area (Å²) in [5.41, 5.74) is 0. The predicted molar refractivity (Wildman–Crippen MR) is 81.6 cm³/mol. The summed E-state index contributed by atoms with van der Waals surface area (Å²) in [6.07, 6.45) is 8.05. The van der Waals surface area contributed by atoms with Gasteiger partial charge in [0.1, 0.15) is 0 Å². The largest absolute Gasteiger partial charge is 0.356 e. The van der Waals surface area contributed by atoms with E-state index in [2.05, 4.69) is 27.4 Å². The molecule has 1 aliphatic carbocycles. The highest BCUT2D eigenvalue weighted by molar-refractivity contribution is 5.79. The molecule has 2 N–H and O–H groups in total. The van der Waals surface area contributed by atoms with Crippen molar-refractivity contribution in [2.45, 2.75) is 51.5 Å². The standard InChI is InChI=1S/C15H30N4/c1-3-19-10-9-13(12-19)11-17-15(16-2)18-14-7-5-4-6-8-14/h13-14H,3-12H2,1-2H3,(H2,16,17,18). The van der Waals surface area contributed by atoms with Crippen LogP contribution in [0.4, 0.5) is 0 Å². The van der Waals surface area contributed by atoms with Gasteiger partial charge in [0.05, 0.1) is 0 Å². The Morgan fingerprint density at radius 1 is 1.21 bits per heavy atom. The van der Waals surface area contributed by atoms with Gasteiger partial charge in [0, 0.05) is 26.2 Å². The summed E-state index contributed by atoms with van der Waals surface area (Å²) >= 11 is 0. The lowest BCUT2D eigenvalue weighted by Gasteiger charge is -2.25. The number of guanidine groups is 1. The highest BCUT2D eigenvalue weighted by Crippen LogP contribution is 2.17. The van der Waals surface area contributed by atoms with Crippen LogP contribution in [0, 0.1) is 5.92 Å². The first-order chi connectivity index (χ1) is 9.31. The van der Waals surface area contributed by atoms with Crippen LogP contribution in [0.5, 0.6) is 0 Å². The molecule has 2 fully saturated rings. The fourth-order valence-electron chi connectivity index (χ4n) is 3.24. The van der Waals surface area contributed by atoms with Gasteiger partial charge in [-0.2, -0.15) is 0 Å². The van der Waals surface area contributed by atoms with Crippen molar-refractivity contribution in [2.24, 2.45) is 10.9 Å². The highest BCUT2D eigenvalue weighted by atomic mass is 15.2. The first kappa shape index (κ1) is 14.6. The zero-order valence-electron chi connectivity index (χ0n) is 12.6. The second-order valence-electron chi connectivity index (χ2n) is 5.98. The molecule has 4 heteroatoms. The van der Waals surface area contributed by atoms with Crippen LogP contribution >= 0.6 is 0 Å². The van der Waals surface area contributed by atoms with Crippen LogP contribution in [0.2, 0.25) is 0 Å². The number of likely N-dealkylation sites (tertiary alicyclic amines) is 1. The Morgan fingerprint density at radius 3 is 2.63 bits per heavy atom. The molecule has 1 saturated heterocycles. The molecule has 1 heterocycles. The quantitative estimate of drug-likeness (QED) is 0.602. The normalized spacial score (nSPS) is 26.6. The molecule has 1 unspecified atom stereocenters. The Balaban J connectivity index is 1.68. The molecule has 0 bridgehead atoms. The Hall–Kier alpha value is -0.770. The van der Waals surface area contributed by atoms with E-state index in [0.29, 0.717) is 6.04 Å². The smallest absolute Gasteiger partial charge is 0.191 e. The lowest BCUT2D eigenvalue weighted by Crippen LogP contribution is -2.45. The van der Waals surface area contributed by atoms with Crippen LogP contribution < -0.4 is 10.6 Å². The minimum atomic E-state index is 0.635. The van der Waals surface area contributed by atoms with E-state index in [1.54, 1.807) is 0 Å². The summed E-state index contributed by atoms with van der Waals surface area (Å²) in [6, 6.07) is 0.635. The summed E-state index contributed by atoms with van der Waals surface area (Å²) in [5.74, 6) is 1.78. The number of rotatable bonds is 4. The summed E-state index contributed by atoms with van der Waals surface area (Å²) in [4.78, 5) is 6.89. The van der Waals surface area contributed by atoms with Crippen molar-refractivity contribution in [2.75, 3.05) is 33.2 Å². The minimum Gasteiger partial charge on any atom is -0.356 e. The molecule has 19 heavy (non-hydrogen) atoms. The molecule has 0 spiro atoms. The van der Waals surface area contributed by atoms with Crippen molar-refractivity contribution in [1.29, 1.82) is 0 Å². The SMILES string of the molecule is CCN1CCC(CNC(=NC)NC2CCCCC2)C1. The molecular weight excluding hydrogens is 236 g/mol. The molecule has 110 valence electrons. The molecule has 0 aromatic heterocycles. The Kier molecular flexibility index (Phi) is 5.95. The molecule has 0 radical (unpaired) electrons. The van der Waals surface area contributed by atoms with Crippen LogP contribution in [-0.2, 0) is 0 Å². The van der Waals surface area contributed by atoms with Crippen LogP contribution in [0.25, 0.3) is 0 Å². The molecule has 1 atom stereocenters. The van der Waals surface area contributed by atoms with Crippen molar-refractivity contribution in [3.63, 3.8) is 0 Å². The van der Waals surface area contributed by atoms with E-state index in [9.17, 15) is 0 Å². The predicted octanol–water partition coefficient (Wildman–Crippen LogP) is 1.83. The Morgan fingerprint density at radius 2 is 2.00 bits per heavy atom. The fourth-order valence-corrected chi connectivity index (χ4v) is 3.24. The number of aliphatic imine (C=N–C) groups is 1. The number of hydrogen-bond donors (Lipinski definition) is 2. The minimum absolute atomic E-state index is 0.635. The molecule has 1 aliphatic heterocycles. The van der Waals surface area contributed by atoms with E-state index in [4.69, 9.17) is 0 Å². The van der Waals surface area contributed by atoms with Gasteiger partial charge in [-0.1, -0.05) is 26.2 Å². The molecule has 1 saturated carbocycles. The van der Waals surface area contributed by atoms with E-state index < -0.39 is 0 Å². The van der Waals surface area contributed by atoms with Crippen molar-refractivity contribution >= 4 is 5.96 Å². The van der Waals surface area contributed by atoms with E-state index in [1.807, 2.05) is 7.05 Å². The van der Waals surface area contributed by atoms with Crippen molar-refractivity contribution in [3.8, 4) is 0 Å². The van der Waals surface area contributed by atoms with E-state index in [0.717, 1.165) is 18.4 Å². The average molecular weight is 266 g/mol. The third kappa shape index (κ3) is 4.68. The van der Waals surface area contributed by atoms with Gasteiger partial charge in [0.15, 0.2) is 5.96 Å². The van der Waals surface area contributed by atoms with Crippen molar-refractivity contribution in [1.82, 2.24) is 15.5 Å². The van der Waals surface area contributed by atoms with Crippen LogP contribution in [0.15, 0.2) is 4.99 Å². The lowest BCUT2D eigenvalue weighted by atomic mass is 9.96. The van der Waals surface area contributed by atoms with Gasteiger partial charge in [-0.15, -0.1) is 0 Å². The fraction of sp³-hybridized carbons (Fsp3) is 0.933. The monoisotopic (exact) mass is 266 g/mol. The summed E-state index contributed by atoms with van der Waals surface area (Å²) in [7, 11) is 1.88. The van der Waals surface area contributed by atoms with Gasteiger partial charge in [0.2, 0.25) is 0 Å². The molecule has 0 amide bonds. The summed E-state index contributed by atoms with van der Waals surface area (Å²) < 4.78 is 0. The molecule has 2 aliphatic rings. The maximum absolute atomic E-state index is 4.36. The third-order valence-corrected chi connectivity index (χ3v) is 4.54. The van der Waals surface area contributed by atoms with E-state index in [1.165, 1.54) is 58.2 Å². The van der Waals surface area contributed by atoms with E-state index >= 15 is 0 Å². The first-order valence-electron chi connectivity index (χ1n) is 8.01.